The van der Waals surface area contributed by atoms with Crippen LogP contribution >= 0.6 is 11.8 Å². The summed E-state index contributed by atoms with van der Waals surface area (Å²) in [5, 5.41) is 21.9. The Kier molecular flexibility index (Phi) is 18.7. The van der Waals surface area contributed by atoms with E-state index >= 15 is 4.79 Å². The highest BCUT2D eigenvalue weighted by atomic mass is 32.2. The Morgan fingerprint density at radius 1 is 0.868 bits per heavy atom. The Bertz CT molecular complexity index is 1920. The number of benzene rings is 1. The van der Waals surface area contributed by atoms with Crippen molar-refractivity contribution in [1.29, 1.82) is 0 Å². The first-order chi connectivity index (χ1) is 31.9. The van der Waals surface area contributed by atoms with Gasteiger partial charge in [-0.25, -0.2) is 0 Å². The average molecular weight is 982 g/mol. The molecule has 2 N–H and O–H groups in total. The van der Waals surface area contributed by atoms with Crippen LogP contribution in [-0.4, -0.2) is 170 Å². The molecule has 1 aromatic carbocycles. The van der Waals surface area contributed by atoms with Gasteiger partial charge in [0.15, 0.2) is 24.0 Å². The molecule has 0 bridgehead atoms. The standard InChI is InChI=1S/C50H79NO16S/c1-17-50-31(8)64-45(56)29(6)41(65-37-23-48(9,60-15)43(55)30(7)63-37)28(5)44(66-47-40(54)34(51(11)12)20-26(3)62-47)49(10,61-16)22-25(2)39(53)27(4)38(50)42(46(57)67-50)68-24-35(52)33-19-18-32(58-13)21-36(33)59-14/h18-19,21,25-31,34,37-38,40-44,47,54-55H,17,20,22-24H2,1-16H3/t25-,26-,27+,28+,29-,30-,31-,34+,37+,38?,40-,41+,42?,43+,44-,47+,48-,49-,50-/m1/s1. The summed E-state index contributed by atoms with van der Waals surface area (Å²) in [6.07, 6.45) is -7.45. The molecule has 4 aliphatic heterocycles. The number of aliphatic hydroxyl groups is 2. The molecule has 17 nitrogen and oxygen atoms in total. The lowest BCUT2D eigenvalue weighted by atomic mass is 9.69. The van der Waals surface area contributed by atoms with E-state index in [1.54, 1.807) is 59.7 Å². The smallest absolute Gasteiger partial charge is 0.320 e. The first kappa shape index (κ1) is 56.0. The van der Waals surface area contributed by atoms with Crippen molar-refractivity contribution in [2.45, 2.75) is 178 Å². The number of rotatable bonds is 14. The molecule has 0 amide bonds. The molecule has 0 aliphatic carbocycles. The summed E-state index contributed by atoms with van der Waals surface area (Å²) in [5.41, 5.74) is -3.56. The van der Waals surface area contributed by atoms with Gasteiger partial charge in [0.1, 0.15) is 40.8 Å². The number of esters is 2. The maximum absolute atomic E-state index is 15.1. The average Bonchev–Trinajstić information content (AvgIpc) is 3.61. The fourth-order valence-electron chi connectivity index (χ4n) is 11.2. The van der Waals surface area contributed by atoms with E-state index in [0.29, 0.717) is 23.5 Å². The Morgan fingerprint density at radius 3 is 2.12 bits per heavy atom. The zero-order valence-electron chi connectivity index (χ0n) is 43.0. The SMILES string of the molecule is CC[C@]12OC(=O)C(SCC(=O)c3ccc(OC)cc3OC)C1[C@H](C)C(=O)[C@H](C)C[C@@](C)(OC)[C@H](O[C@@H]1O[C@H](C)C[C@H](N(C)C)[C@H]1O)[C@@H](C)[C@H](O[C@H]1C[C@@](C)(OC)[C@@H](O)[C@@H](C)O1)[C@@H](C)C(=O)O[C@@H]2C. The van der Waals surface area contributed by atoms with E-state index in [9.17, 15) is 24.6 Å². The van der Waals surface area contributed by atoms with Gasteiger partial charge in [-0.2, -0.15) is 0 Å². The molecule has 2 unspecified atom stereocenters. The highest BCUT2D eigenvalue weighted by Gasteiger charge is 2.63. The minimum absolute atomic E-state index is 0.0946. The molecule has 0 saturated carbocycles. The molecule has 386 valence electrons. The second-order valence-corrected chi connectivity index (χ2v) is 21.3. The third-order valence-corrected chi connectivity index (χ3v) is 16.8. The summed E-state index contributed by atoms with van der Waals surface area (Å²) >= 11 is 1.08. The molecule has 4 heterocycles. The van der Waals surface area contributed by atoms with Crippen molar-refractivity contribution < 1.29 is 76.8 Å². The Hall–Kier alpha value is -2.91. The molecule has 4 fully saturated rings. The second-order valence-electron chi connectivity index (χ2n) is 20.2. The van der Waals surface area contributed by atoms with Crippen molar-refractivity contribution in [3.8, 4) is 11.5 Å². The van der Waals surface area contributed by atoms with Crippen molar-refractivity contribution in [1.82, 2.24) is 4.90 Å². The molecule has 4 saturated heterocycles. The fraction of sp³-hybridized carbons (Fsp3) is 0.800. The molecule has 0 radical (unpaired) electrons. The van der Waals surface area contributed by atoms with Gasteiger partial charge in [-0.3, -0.25) is 19.2 Å². The summed E-state index contributed by atoms with van der Waals surface area (Å²) in [5.74, 6) is -5.40. The first-order valence-electron chi connectivity index (χ1n) is 24.0. The van der Waals surface area contributed by atoms with Crippen LogP contribution in [-0.2, 0) is 52.3 Å². The van der Waals surface area contributed by atoms with E-state index in [1.165, 1.54) is 28.4 Å². The van der Waals surface area contributed by atoms with Gasteiger partial charge >= 0.3 is 11.9 Å². The van der Waals surface area contributed by atoms with Gasteiger partial charge < -0.3 is 62.5 Å². The highest BCUT2D eigenvalue weighted by Crippen LogP contribution is 2.51. The van der Waals surface area contributed by atoms with Crippen LogP contribution in [0.4, 0.5) is 0 Å². The number of likely N-dealkylation sites (N-methyl/N-ethyl adjacent to an activating group) is 1. The van der Waals surface area contributed by atoms with Crippen LogP contribution in [0.1, 0.15) is 105 Å². The molecule has 19 atom stereocenters. The number of thioether (sulfide) groups is 1. The van der Waals surface area contributed by atoms with Gasteiger partial charge in [0.2, 0.25) is 0 Å². The lowest BCUT2D eigenvalue weighted by Gasteiger charge is -2.50. The summed E-state index contributed by atoms with van der Waals surface area (Å²) < 4.78 is 62.3. The van der Waals surface area contributed by atoms with E-state index in [-0.39, 0.29) is 48.7 Å². The number of aliphatic hydroxyl groups excluding tert-OH is 2. The number of hydrogen-bond acceptors (Lipinski definition) is 18. The van der Waals surface area contributed by atoms with E-state index in [0.717, 1.165) is 11.8 Å². The normalized spacial score (nSPS) is 41.9. The Morgan fingerprint density at radius 2 is 1.53 bits per heavy atom. The molecule has 4 aliphatic rings. The topological polar surface area (TPSA) is 204 Å². The molecular weight excluding hydrogens is 903 g/mol. The number of hydrogen-bond donors (Lipinski definition) is 2. The lowest BCUT2D eigenvalue weighted by Crippen LogP contribution is -2.61. The van der Waals surface area contributed by atoms with Crippen molar-refractivity contribution in [2.24, 2.45) is 29.6 Å². The van der Waals surface area contributed by atoms with Crippen molar-refractivity contribution in [2.75, 3.05) is 48.3 Å². The predicted octanol–water partition coefficient (Wildman–Crippen LogP) is 5.26. The molecule has 0 spiro atoms. The molecule has 68 heavy (non-hydrogen) atoms. The third-order valence-electron chi connectivity index (χ3n) is 15.5. The number of nitrogens with zero attached hydrogens (tertiary/aromatic N) is 1. The third kappa shape index (κ3) is 11.2. The molecule has 5 rings (SSSR count). The summed E-state index contributed by atoms with van der Waals surface area (Å²) in [7, 11) is 9.75. The van der Waals surface area contributed by atoms with Crippen LogP contribution in [0.5, 0.6) is 11.5 Å². The minimum Gasteiger partial charge on any atom is -0.497 e. The number of ether oxygens (including phenoxy) is 10. The van der Waals surface area contributed by atoms with Gasteiger partial charge in [0.25, 0.3) is 0 Å². The maximum atomic E-state index is 15.1. The van der Waals surface area contributed by atoms with Crippen LogP contribution in [0.25, 0.3) is 0 Å². The quantitative estimate of drug-likeness (QED) is 0.180. The molecular formula is C50H79NO16S. The summed E-state index contributed by atoms with van der Waals surface area (Å²) in [6, 6.07) is 4.54. The number of methoxy groups -OCH3 is 4. The van der Waals surface area contributed by atoms with Gasteiger partial charge in [-0.05, 0) is 87.0 Å². The fourth-order valence-corrected chi connectivity index (χ4v) is 12.6. The van der Waals surface area contributed by atoms with Gasteiger partial charge in [0, 0.05) is 56.4 Å². The van der Waals surface area contributed by atoms with Crippen molar-refractivity contribution in [3.05, 3.63) is 23.8 Å². The van der Waals surface area contributed by atoms with Crippen molar-refractivity contribution in [3.63, 3.8) is 0 Å². The van der Waals surface area contributed by atoms with Crippen LogP contribution in [0.15, 0.2) is 18.2 Å². The van der Waals surface area contributed by atoms with Crippen LogP contribution in [0.3, 0.4) is 0 Å². The second kappa shape index (κ2) is 22.7. The van der Waals surface area contributed by atoms with E-state index in [2.05, 4.69) is 0 Å². The number of carbonyl (C=O) groups is 4. The molecule has 18 heteroatoms. The largest absolute Gasteiger partial charge is 0.497 e. The zero-order chi connectivity index (χ0) is 50.8. The Labute approximate surface area is 407 Å². The summed E-state index contributed by atoms with van der Waals surface area (Å²) in [4.78, 5) is 60.1. The van der Waals surface area contributed by atoms with E-state index in [4.69, 9.17) is 47.4 Å². The minimum atomic E-state index is -1.48. The van der Waals surface area contributed by atoms with Crippen LogP contribution in [0.2, 0.25) is 0 Å². The van der Waals surface area contributed by atoms with E-state index < -0.39 is 113 Å². The predicted molar refractivity (Wildman–Crippen MR) is 253 cm³/mol. The van der Waals surface area contributed by atoms with Crippen LogP contribution < -0.4 is 9.47 Å². The number of ketones is 2. The van der Waals surface area contributed by atoms with Gasteiger partial charge in [-0.15, -0.1) is 11.8 Å². The highest BCUT2D eigenvalue weighted by molar-refractivity contribution is 8.01. The molecule has 1 aromatic rings. The number of cyclic esters (lactones) is 1. The molecule has 0 aromatic heterocycles. The first-order valence-corrected chi connectivity index (χ1v) is 25.0. The lowest BCUT2D eigenvalue weighted by molar-refractivity contribution is -0.319. The zero-order valence-corrected chi connectivity index (χ0v) is 43.8. The van der Waals surface area contributed by atoms with Crippen LogP contribution in [0, 0.1) is 29.6 Å². The summed E-state index contributed by atoms with van der Waals surface area (Å²) in [6.45, 7) is 17.8. The number of carbonyl (C=O) groups excluding carboxylic acids is 4. The van der Waals surface area contributed by atoms with E-state index in [1.807, 2.05) is 46.7 Å². The maximum Gasteiger partial charge on any atom is 0.320 e. The van der Waals surface area contributed by atoms with Gasteiger partial charge in [-0.1, -0.05) is 27.7 Å². The Balaban J connectivity index is 1.62. The van der Waals surface area contributed by atoms with Crippen molar-refractivity contribution >= 4 is 35.3 Å². The number of fused-ring (bicyclic) bond motifs is 1. The van der Waals surface area contributed by atoms with Gasteiger partial charge in [0.05, 0.1) is 67.1 Å². The monoisotopic (exact) mass is 982 g/mol. The number of Topliss-reactive ketones (excluding diaryl/α,β-unsaturated/α-hetero) is 2.